The molecule has 0 aliphatic carbocycles. The number of carbonyl (C=O) groups is 2. The van der Waals surface area contributed by atoms with Crippen LogP contribution >= 0.6 is 15.9 Å². The van der Waals surface area contributed by atoms with Gasteiger partial charge in [-0.2, -0.15) is 8.78 Å². The molecule has 0 unspecified atom stereocenters. The number of nitrogens with zero attached hydrogens (tertiary/aromatic N) is 1. The molecule has 0 heterocycles. The highest BCUT2D eigenvalue weighted by molar-refractivity contribution is 9.10. The Balaban J connectivity index is 4.93. The molecule has 0 saturated heterocycles. The normalized spacial score (nSPS) is 11.9. The van der Waals surface area contributed by atoms with Gasteiger partial charge >= 0.3 is 16.8 Å². The Labute approximate surface area is 107 Å². The van der Waals surface area contributed by atoms with Crippen LogP contribution in [0.4, 0.5) is 13.6 Å². The highest BCUT2D eigenvalue weighted by atomic mass is 79.9. The molecule has 4 nitrogen and oxygen atoms in total. The monoisotopic (exact) mass is 313 g/mol. The maximum Gasteiger partial charge on any atom is 0.417 e. The van der Waals surface area contributed by atoms with Crippen LogP contribution in [0.1, 0.15) is 20.8 Å². The van der Waals surface area contributed by atoms with E-state index in [1.807, 2.05) is 15.9 Å². The zero-order valence-corrected chi connectivity index (χ0v) is 11.4. The van der Waals surface area contributed by atoms with Crippen LogP contribution in [0, 0.1) is 0 Å². The van der Waals surface area contributed by atoms with Gasteiger partial charge in [0, 0.05) is 15.9 Å². The van der Waals surface area contributed by atoms with Crippen molar-refractivity contribution in [1.82, 2.24) is 4.90 Å². The summed E-state index contributed by atoms with van der Waals surface area (Å²) in [6, 6.07) is 0. The lowest BCUT2D eigenvalue weighted by molar-refractivity contribution is -0.143. The molecule has 0 N–H and O–H groups in total. The minimum Gasteiger partial charge on any atom is -0.443 e. The second-order valence-electron chi connectivity index (χ2n) is 4.18. The van der Waals surface area contributed by atoms with Crippen LogP contribution in [0.25, 0.3) is 0 Å². The van der Waals surface area contributed by atoms with E-state index in [0.717, 1.165) is 6.08 Å². The van der Waals surface area contributed by atoms with Crippen molar-refractivity contribution in [3.63, 3.8) is 0 Å². The van der Waals surface area contributed by atoms with E-state index in [0.29, 0.717) is 0 Å². The summed E-state index contributed by atoms with van der Waals surface area (Å²) < 4.78 is 30.4. The van der Waals surface area contributed by atoms with Crippen molar-refractivity contribution in [2.45, 2.75) is 31.2 Å². The SMILES string of the molecule is C=CCN(C(=O)OC(C)(C)C)C(=O)C(F)(F)Br. The topological polar surface area (TPSA) is 46.6 Å². The van der Waals surface area contributed by atoms with Crippen molar-refractivity contribution in [3.05, 3.63) is 12.7 Å². The minimum atomic E-state index is -3.81. The zero-order chi connectivity index (χ0) is 13.9. The first-order chi connectivity index (χ1) is 7.49. The molecular formula is C10H14BrF2NO3. The molecule has 0 aliphatic rings. The molecule has 0 aliphatic heterocycles. The molecule has 0 bridgehead atoms. The van der Waals surface area contributed by atoms with Gasteiger partial charge in [0.05, 0.1) is 6.54 Å². The van der Waals surface area contributed by atoms with E-state index in [9.17, 15) is 18.4 Å². The van der Waals surface area contributed by atoms with Crippen LogP contribution in [0.5, 0.6) is 0 Å². The summed E-state index contributed by atoms with van der Waals surface area (Å²) in [4.78, 5) is 19.3. The fourth-order valence-corrected chi connectivity index (χ4v) is 1.05. The van der Waals surface area contributed by atoms with Gasteiger partial charge in [0.1, 0.15) is 5.60 Å². The fraction of sp³-hybridized carbons (Fsp3) is 0.600. The quantitative estimate of drug-likeness (QED) is 0.594. The summed E-state index contributed by atoms with van der Waals surface area (Å²) >= 11 is 1.90. The van der Waals surface area contributed by atoms with E-state index in [2.05, 4.69) is 6.58 Å². The van der Waals surface area contributed by atoms with Gasteiger partial charge in [0.15, 0.2) is 0 Å². The van der Waals surface area contributed by atoms with Crippen molar-refractivity contribution in [3.8, 4) is 0 Å². The number of halogens is 3. The highest BCUT2D eigenvalue weighted by Gasteiger charge is 2.42. The van der Waals surface area contributed by atoms with Crippen LogP contribution in [0.3, 0.4) is 0 Å². The molecule has 0 saturated carbocycles. The summed E-state index contributed by atoms with van der Waals surface area (Å²) in [5.41, 5.74) is -0.877. The van der Waals surface area contributed by atoms with Crippen LogP contribution in [0.15, 0.2) is 12.7 Å². The Morgan fingerprint density at radius 2 is 1.88 bits per heavy atom. The molecule has 0 fully saturated rings. The number of hydrogen-bond donors (Lipinski definition) is 0. The maximum atomic E-state index is 12.8. The Bertz CT molecular complexity index is 320. The second-order valence-corrected chi connectivity index (χ2v) is 5.18. The molecule has 98 valence electrons. The van der Waals surface area contributed by atoms with Crippen LogP contribution in [0.2, 0.25) is 0 Å². The summed E-state index contributed by atoms with van der Waals surface area (Å²) in [6.45, 7) is 7.62. The zero-order valence-electron chi connectivity index (χ0n) is 9.80. The predicted molar refractivity (Wildman–Crippen MR) is 62.0 cm³/mol. The van der Waals surface area contributed by atoms with Gasteiger partial charge in [-0.1, -0.05) is 6.08 Å². The van der Waals surface area contributed by atoms with Gasteiger partial charge in [0.2, 0.25) is 0 Å². The summed E-state index contributed by atoms with van der Waals surface area (Å²) in [6.07, 6.45) is 0.0159. The van der Waals surface area contributed by atoms with Crippen molar-refractivity contribution in [1.29, 1.82) is 0 Å². The predicted octanol–water partition coefficient (Wildman–Crippen LogP) is 2.92. The smallest absolute Gasteiger partial charge is 0.417 e. The van der Waals surface area contributed by atoms with Crippen LogP contribution < -0.4 is 0 Å². The average Bonchev–Trinajstić information content (AvgIpc) is 2.08. The molecule has 0 atom stereocenters. The lowest BCUT2D eigenvalue weighted by Gasteiger charge is -2.26. The molecule has 2 amide bonds. The Morgan fingerprint density at radius 1 is 1.41 bits per heavy atom. The van der Waals surface area contributed by atoms with Crippen molar-refractivity contribution >= 4 is 27.9 Å². The molecule has 0 aromatic heterocycles. The first kappa shape index (κ1) is 16.0. The highest BCUT2D eigenvalue weighted by Crippen LogP contribution is 2.25. The van der Waals surface area contributed by atoms with Gasteiger partial charge in [-0.05, 0) is 20.8 Å². The molecule has 7 heteroatoms. The number of imide groups is 1. The number of carbonyl (C=O) groups excluding carboxylic acids is 2. The molecule has 0 rings (SSSR count). The number of hydrogen-bond acceptors (Lipinski definition) is 3. The van der Waals surface area contributed by atoms with E-state index < -0.39 is 22.4 Å². The maximum absolute atomic E-state index is 12.8. The van der Waals surface area contributed by atoms with E-state index in [1.54, 1.807) is 20.8 Å². The summed E-state index contributed by atoms with van der Waals surface area (Å²) in [5.74, 6) is -1.69. The van der Waals surface area contributed by atoms with E-state index >= 15 is 0 Å². The van der Waals surface area contributed by atoms with Gasteiger partial charge < -0.3 is 4.74 Å². The second kappa shape index (κ2) is 5.57. The van der Waals surface area contributed by atoms with Gasteiger partial charge in [0.25, 0.3) is 0 Å². The largest absolute Gasteiger partial charge is 0.443 e. The van der Waals surface area contributed by atoms with E-state index in [4.69, 9.17) is 4.74 Å². The third kappa shape index (κ3) is 5.76. The lowest BCUT2D eigenvalue weighted by atomic mass is 10.2. The van der Waals surface area contributed by atoms with Gasteiger partial charge in [-0.3, -0.25) is 4.79 Å². The first-order valence-electron chi connectivity index (χ1n) is 4.71. The first-order valence-corrected chi connectivity index (χ1v) is 5.51. The van der Waals surface area contributed by atoms with Gasteiger partial charge in [-0.25, -0.2) is 9.69 Å². The Hall–Kier alpha value is -0.980. The van der Waals surface area contributed by atoms with E-state index in [1.165, 1.54) is 0 Å². The fourth-order valence-electron chi connectivity index (χ4n) is 0.840. The molecule has 0 aromatic carbocycles. The lowest BCUT2D eigenvalue weighted by Crippen LogP contribution is -2.46. The standard InChI is InChI=1S/C10H14BrF2NO3/c1-5-6-14(7(15)10(11,12)13)8(16)17-9(2,3)4/h5H,1,6H2,2-4H3. The number of alkyl halides is 3. The Morgan fingerprint density at radius 3 is 2.18 bits per heavy atom. The van der Waals surface area contributed by atoms with Crippen molar-refractivity contribution in [2.75, 3.05) is 6.54 Å². The third-order valence-electron chi connectivity index (χ3n) is 1.41. The van der Waals surface area contributed by atoms with Crippen LogP contribution in [-0.2, 0) is 9.53 Å². The van der Waals surface area contributed by atoms with Crippen molar-refractivity contribution in [2.24, 2.45) is 0 Å². The molecule has 0 spiro atoms. The summed E-state index contributed by atoms with van der Waals surface area (Å²) in [7, 11) is 0. The van der Waals surface area contributed by atoms with E-state index in [-0.39, 0.29) is 11.4 Å². The number of rotatable bonds is 3. The Kier molecular flexibility index (Phi) is 5.25. The van der Waals surface area contributed by atoms with Crippen molar-refractivity contribution < 1.29 is 23.1 Å². The third-order valence-corrected chi connectivity index (χ3v) is 1.75. The average molecular weight is 314 g/mol. The summed E-state index contributed by atoms with van der Waals surface area (Å²) in [5, 5.41) is 0. The minimum absolute atomic E-state index is 0.285. The molecular weight excluding hydrogens is 300 g/mol. The molecule has 0 aromatic rings. The van der Waals surface area contributed by atoms with Crippen LogP contribution in [-0.4, -0.2) is 33.9 Å². The molecule has 0 radical (unpaired) electrons. The number of amides is 2. The molecule has 17 heavy (non-hydrogen) atoms. The number of ether oxygens (including phenoxy) is 1. The van der Waals surface area contributed by atoms with Gasteiger partial charge in [-0.15, -0.1) is 6.58 Å².